The van der Waals surface area contributed by atoms with E-state index in [0.717, 1.165) is 10.1 Å². The lowest BCUT2D eigenvalue weighted by atomic mass is 9.84. The number of ether oxygens (including phenoxy) is 1. The minimum absolute atomic E-state index is 0.0526. The van der Waals surface area contributed by atoms with E-state index < -0.39 is 30.8 Å². The number of methoxy groups -OCH3 is 1. The van der Waals surface area contributed by atoms with Crippen LogP contribution in [0.5, 0.6) is 5.75 Å². The molecule has 2 rings (SSSR count). The van der Waals surface area contributed by atoms with Gasteiger partial charge in [0.25, 0.3) is 5.56 Å². The number of aromatic amines is 1. The third-order valence-corrected chi connectivity index (χ3v) is 11.2. The van der Waals surface area contributed by atoms with Crippen LogP contribution in [0, 0.1) is 9.39 Å². The predicted molar refractivity (Wildman–Crippen MR) is 128 cm³/mol. The molecule has 166 valence electrons. The molecular weight excluding hydrogens is 518 g/mol. The van der Waals surface area contributed by atoms with Gasteiger partial charge in [-0.25, -0.2) is 9.18 Å². The highest BCUT2D eigenvalue weighted by atomic mass is 127. The summed E-state index contributed by atoms with van der Waals surface area (Å²) in [6.07, 6.45) is 1.27. The van der Waals surface area contributed by atoms with Gasteiger partial charge in [0, 0.05) is 29.8 Å². The minimum Gasteiger partial charge on any atom is -0.495 e. The molecule has 0 aliphatic rings. The maximum atomic E-state index is 15.2. The minimum atomic E-state index is -2.00. The predicted octanol–water partition coefficient (Wildman–Crippen LogP) is 4.58. The maximum Gasteiger partial charge on any atom is 0.333 e. The van der Waals surface area contributed by atoms with E-state index >= 15 is 4.39 Å². The van der Waals surface area contributed by atoms with Crippen LogP contribution in [0.3, 0.4) is 0 Å². The third kappa shape index (κ3) is 4.88. The molecule has 0 amide bonds. The van der Waals surface area contributed by atoms with Crippen LogP contribution in [0.1, 0.15) is 40.2 Å². The number of halogens is 2. The second-order valence-corrected chi connectivity index (χ2v) is 15.4. The second-order valence-electron chi connectivity index (χ2n) is 9.52. The Morgan fingerprint density at radius 2 is 1.80 bits per heavy atom. The van der Waals surface area contributed by atoms with Crippen LogP contribution in [-0.4, -0.2) is 31.6 Å². The van der Waals surface area contributed by atoms with E-state index in [1.807, 2.05) is 36.4 Å². The van der Waals surface area contributed by atoms with Crippen LogP contribution in [0.15, 0.2) is 27.9 Å². The standard InChI is InChI=1S/C21H30FIN2O4Si/c1-20(2,3)30(7,8)29-12-21(4,5)13-11-14(16(22)17(23)18(13)28-6)25-10-9-15(26)24-19(25)27/h9-11H,12H2,1-8H3,(H,24,26,27). The number of nitrogens with one attached hydrogen (secondary N) is 1. The van der Waals surface area contributed by atoms with E-state index in [-0.39, 0.29) is 14.3 Å². The molecule has 0 saturated heterocycles. The molecule has 1 N–H and O–H groups in total. The van der Waals surface area contributed by atoms with E-state index in [2.05, 4.69) is 38.8 Å². The van der Waals surface area contributed by atoms with E-state index in [9.17, 15) is 9.59 Å². The van der Waals surface area contributed by atoms with Gasteiger partial charge in [0.15, 0.2) is 14.1 Å². The molecule has 6 nitrogen and oxygen atoms in total. The molecule has 1 aromatic heterocycles. The number of H-pyrrole nitrogens is 1. The lowest BCUT2D eigenvalue weighted by Crippen LogP contribution is -2.44. The quantitative estimate of drug-likeness (QED) is 0.424. The zero-order valence-corrected chi connectivity index (χ0v) is 21.9. The molecule has 0 spiro atoms. The van der Waals surface area contributed by atoms with E-state index in [1.165, 1.54) is 19.4 Å². The van der Waals surface area contributed by atoms with Gasteiger partial charge in [-0.2, -0.15) is 0 Å². The first-order chi connectivity index (χ1) is 13.6. The first-order valence-corrected chi connectivity index (χ1v) is 13.6. The summed E-state index contributed by atoms with van der Waals surface area (Å²) in [5.41, 5.74) is -0.985. The van der Waals surface area contributed by atoms with Gasteiger partial charge in [-0.15, -0.1) is 0 Å². The Morgan fingerprint density at radius 1 is 1.20 bits per heavy atom. The Bertz CT molecular complexity index is 1050. The molecule has 0 radical (unpaired) electrons. The summed E-state index contributed by atoms with van der Waals surface area (Å²) >= 11 is 1.88. The summed E-state index contributed by atoms with van der Waals surface area (Å²) in [4.78, 5) is 25.9. The average Bonchev–Trinajstić information content (AvgIpc) is 2.62. The number of nitrogens with zero attached hydrogens (tertiary/aromatic N) is 1. The maximum absolute atomic E-state index is 15.2. The van der Waals surface area contributed by atoms with Gasteiger partial charge in [-0.1, -0.05) is 34.6 Å². The smallest absolute Gasteiger partial charge is 0.333 e. The van der Waals surface area contributed by atoms with Crippen molar-refractivity contribution >= 4 is 30.9 Å². The van der Waals surface area contributed by atoms with Crippen LogP contribution in [0.4, 0.5) is 4.39 Å². The van der Waals surface area contributed by atoms with Gasteiger partial charge < -0.3 is 9.16 Å². The highest BCUT2D eigenvalue weighted by Crippen LogP contribution is 2.41. The zero-order valence-electron chi connectivity index (χ0n) is 18.8. The van der Waals surface area contributed by atoms with Crippen molar-refractivity contribution in [2.75, 3.05) is 13.7 Å². The number of hydrogen-bond donors (Lipinski definition) is 1. The molecule has 0 aliphatic carbocycles. The monoisotopic (exact) mass is 548 g/mol. The number of aromatic nitrogens is 2. The first-order valence-electron chi connectivity index (χ1n) is 9.65. The normalized spacial score (nSPS) is 12.9. The molecule has 1 aromatic carbocycles. The summed E-state index contributed by atoms with van der Waals surface area (Å²) in [7, 11) is -0.507. The van der Waals surface area contributed by atoms with E-state index in [0.29, 0.717) is 12.4 Å². The third-order valence-electron chi connectivity index (χ3n) is 5.76. The molecule has 2 aromatic rings. The van der Waals surface area contributed by atoms with Crippen molar-refractivity contribution in [2.24, 2.45) is 0 Å². The Kier molecular flexibility index (Phi) is 7.09. The zero-order chi connectivity index (χ0) is 23.1. The van der Waals surface area contributed by atoms with Crippen LogP contribution < -0.4 is 16.0 Å². The van der Waals surface area contributed by atoms with Crippen LogP contribution >= 0.6 is 22.6 Å². The lowest BCUT2D eigenvalue weighted by Gasteiger charge is -2.39. The number of hydrogen-bond acceptors (Lipinski definition) is 4. The van der Waals surface area contributed by atoms with Gasteiger partial charge in [0.1, 0.15) is 5.75 Å². The molecule has 0 fully saturated rings. The summed E-state index contributed by atoms with van der Waals surface area (Å²) in [6, 6.07) is 2.79. The van der Waals surface area contributed by atoms with Crippen LogP contribution in [-0.2, 0) is 9.84 Å². The fraction of sp³-hybridized carbons (Fsp3) is 0.524. The van der Waals surface area contributed by atoms with Gasteiger partial charge in [0.05, 0.1) is 16.4 Å². The second kappa shape index (κ2) is 8.58. The lowest BCUT2D eigenvalue weighted by molar-refractivity contribution is 0.216. The molecule has 0 saturated carbocycles. The van der Waals surface area contributed by atoms with Crippen molar-refractivity contribution in [2.45, 2.75) is 58.2 Å². The van der Waals surface area contributed by atoms with Gasteiger partial charge in [-0.3, -0.25) is 14.3 Å². The van der Waals surface area contributed by atoms with Gasteiger partial charge in [-0.05, 0) is 46.8 Å². The van der Waals surface area contributed by atoms with Gasteiger partial charge >= 0.3 is 5.69 Å². The Morgan fingerprint density at radius 3 is 2.30 bits per heavy atom. The fourth-order valence-electron chi connectivity index (χ4n) is 2.74. The first kappa shape index (κ1) is 24.8. The van der Waals surface area contributed by atoms with Gasteiger partial charge in [0.2, 0.25) is 0 Å². The van der Waals surface area contributed by atoms with Crippen molar-refractivity contribution in [3.8, 4) is 11.4 Å². The summed E-state index contributed by atoms with van der Waals surface area (Å²) in [5.74, 6) is -0.176. The Balaban J connectivity index is 2.62. The Labute approximate surface area is 191 Å². The van der Waals surface area contributed by atoms with Crippen molar-refractivity contribution in [3.05, 3.63) is 54.1 Å². The topological polar surface area (TPSA) is 73.3 Å². The highest BCUT2D eigenvalue weighted by molar-refractivity contribution is 14.1. The Hall–Kier alpha value is -1.46. The van der Waals surface area contributed by atoms with Crippen LogP contribution in [0.2, 0.25) is 18.1 Å². The van der Waals surface area contributed by atoms with Crippen molar-refractivity contribution < 1.29 is 13.6 Å². The SMILES string of the molecule is COc1c(C(C)(C)CO[Si](C)(C)C(C)(C)C)cc(-n2ccc(=O)[nH]c2=O)c(F)c1I. The summed E-state index contributed by atoms with van der Waals surface area (Å²) in [5, 5.41) is 0.0543. The van der Waals surface area contributed by atoms with E-state index in [4.69, 9.17) is 9.16 Å². The molecule has 0 atom stereocenters. The molecule has 30 heavy (non-hydrogen) atoms. The number of benzene rings is 1. The molecule has 1 heterocycles. The molecule has 0 aliphatic heterocycles. The van der Waals surface area contributed by atoms with Crippen LogP contribution in [0.25, 0.3) is 5.69 Å². The van der Waals surface area contributed by atoms with Crippen molar-refractivity contribution in [3.63, 3.8) is 0 Å². The average molecular weight is 548 g/mol. The molecule has 0 bridgehead atoms. The van der Waals surface area contributed by atoms with Crippen molar-refractivity contribution in [1.82, 2.24) is 9.55 Å². The van der Waals surface area contributed by atoms with E-state index in [1.54, 1.807) is 6.07 Å². The molecular formula is C21H30FIN2O4Si. The molecule has 0 unspecified atom stereocenters. The van der Waals surface area contributed by atoms with Crippen molar-refractivity contribution in [1.29, 1.82) is 0 Å². The summed E-state index contributed by atoms with van der Waals surface area (Å²) in [6.45, 7) is 15.3. The summed E-state index contributed by atoms with van der Waals surface area (Å²) < 4.78 is 28.5. The fourth-order valence-corrected chi connectivity index (χ4v) is 4.68. The molecule has 9 heteroatoms. The largest absolute Gasteiger partial charge is 0.495 e. The number of rotatable bonds is 6. The highest BCUT2D eigenvalue weighted by Gasteiger charge is 2.39.